The van der Waals surface area contributed by atoms with Crippen LogP contribution < -0.4 is 0 Å². The lowest BCUT2D eigenvalue weighted by atomic mass is 10.0. The van der Waals surface area contributed by atoms with Crippen LogP contribution in [0.4, 0.5) is 0 Å². The Balaban J connectivity index is 2.50. The third kappa shape index (κ3) is 9.08. The van der Waals surface area contributed by atoms with E-state index in [4.69, 9.17) is 9.16 Å². The first kappa shape index (κ1) is 25.2. The van der Waals surface area contributed by atoms with Crippen LogP contribution >= 0.6 is 0 Å². The van der Waals surface area contributed by atoms with Crippen LogP contribution in [0.25, 0.3) is 0 Å². The molecule has 0 radical (unpaired) electrons. The molecule has 1 aliphatic heterocycles. The lowest BCUT2D eigenvalue weighted by Crippen LogP contribution is -2.44. The van der Waals surface area contributed by atoms with Gasteiger partial charge in [-0.2, -0.15) is 0 Å². The van der Waals surface area contributed by atoms with Crippen LogP contribution in [0.3, 0.4) is 0 Å². The molecule has 1 heterocycles. The van der Waals surface area contributed by atoms with Crippen LogP contribution in [0.2, 0.25) is 18.1 Å². The number of rotatable bonds is 13. The molecule has 28 heavy (non-hydrogen) atoms. The van der Waals surface area contributed by atoms with Crippen molar-refractivity contribution in [2.45, 2.75) is 123 Å². The van der Waals surface area contributed by atoms with Gasteiger partial charge in [0, 0.05) is 18.1 Å². The fourth-order valence-corrected chi connectivity index (χ4v) is 4.72. The zero-order chi connectivity index (χ0) is 21.2. The average molecular weight is 409 g/mol. The van der Waals surface area contributed by atoms with Gasteiger partial charge in [0.05, 0.1) is 0 Å². The van der Waals surface area contributed by atoms with Crippen molar-refractivity contribution in [2.75, 3.05) is 0 Å². The predicted octanol–water partition coefficient (Wildman–Crippen LogP) is 7.34. The fraction of sp³-hybridized carbons (Fsp3) is 0.792. The highest BCUT2D eigenvalue weighted by Crippen LogP contribution is 2.39. The van der Waals surface area contributed by atoms with E-state index in [9.17, 15) is 4.79 Å². The number of cyclic esters (lactones) is 1. The summed E-state index contributed by atoms with van der Waals surface area (Å²) in [5.41, 5.74) is 0.806. The third-order valence-corrected chi connectivity index (χ3v) is 10.6. The highest BCUT2D eigenvalue weighted by Gasteiger charge is 2.39. The smallest absolute Gasteiger partial charge is 0.334 e. The number of esters is 1. The van der Waals surface area contributed by atoms with Gasteiger partial charge < -0.3 is 9.16 Å². The predicted molar refractivity (Wildman–Crippen MR) is 122 cm³/mol. The highest BCUT2D eigenvalue weighted by atomic mass is 28.4. The SMILES string of the molecule is C/C=C/CCCCCCCC[C@H](CC1=C[C@H](C)OC1=O)O[Si](C)(C)C(C)(C)C. The third-order valence-electron chi connectivity index (χ3n) is 6.09. The molecular formula is C24H44O3Si. The van der Waals surface area contributed by atoms with E-state index in [-0.39, 0.29) is 23.2 Å². The second-order valence-electron chi connectivity index (χ2n) is 9.77. The van der Waals surface area contributed by atoms with Crippen molar-refractivity contribution >= 4 is 14.3 Å². The maximum absolute atomic E-state index is 12.1. The molecule has 0 aromatic rings. The summed E-state index contributed by atoms with van der Waals surface area (Å²) in [6.45, 7) is 15.4. The molecule has 0 bridgehead atoms. The first-order chi connectivity index (χ1) is 13.1. The summed E-state index contributed by atoms with van der Waals surface area (Å²) in [6.07, 6.45) is 17.0. The van der Waals surface area contributed by atoms with E-state index in [1.807, 2.05) is 13.0 Å². The van der Waals surface area contributed by atoms with Crippen molar-refractivity contribution in [1.82, 2.24) is 0 Å². The molecule has 0 aliphatic carbocycles. The van der Waals surface area contributed by atoms with Gasteiger partial charge in [-0.15, -0.1) is 0 Å². The number of carbonyl (C=O) groups is 1. The van der Waals surface area contributed by atoms with Crippen molar-refractivity contribution in [1.29, 1.82) is 0 Å². The van der Waals surface area contributed by atoms with E-state index in [2.05, 4.69) is 52.9 Å². The van der Waals surface area contributed by atoms with Crippen LogP contribution in [0.5, 0.6) is 0 Å². The molecule has 0 aromatic heterocycles. The molecule has 3 nitrogen and oxygen atoms in total. The molecule has 0 unspecified atom stereocenters. The Labute approximate surface area is 175 Å². The number of ether oxygens (including phenoxy) is 1. The highest BCUT2D eigenvalue weighted by molar-refractivity contribution is 6.74. The second kappa shape index (κ2) is 12.0. The van der Waals surface area contributed by atoms with Crippen molar-refractivity contribution in [3.8, 4) is 0 Å². The minimum absolute atomic E-state index is 0.0985. The monoisotopic (exact) mass is 408 g/mol. The number of unbranched alkanes of at least 4 members (excludes halogenated alkanes) is 6. The minimum atomic E-state index is -1.86. The molecule has 0 spiro atoms. The zero-order valence-electron chi connectivity index (χ0n) is 19.5. The van der Waals surface area contributed by atoms with E-state index in [0.717, 1.165) is 12.0 Å². The van der Waals surface area contributed by atoms with Gasteiger partial charge in [0.1, 0.15) is 6.10 Å². The lowest BCUT2D eigenvalue weighted by molar-refractivity contribution is -0.139. The van der Waals surface area contributed by atoms with E-state index in [0.29, 0.717) is 6.42 Å². The van der Waals surface area contributed by atoms with Gasteiger partial charge in [0.15, 0.2) is 8.32 Å². The van der Waals surface area contributed by atoms with Gasteiger partial charge >= 0.3 is 5.97 Å². The molecule has 1 aliphatic rings. The number of hydrogen-bond acceptors (Lipinski definition) is 3. The molecule has 4 heteroatoms. The minimum Gasteiger partial charge on any atom is -0.455 e. The van der Waals surface area contributed by atoms with E-state index in [1.165, 1.54) is 44.9 Å². The van der Waals surface area contributed by atoms with Gasteiger partial charge in [-0.3, -0.25) is 0 Å². The Morgan fingerprint density at radius 3 is 2.29 bits per heavy atom. The Bertz CT molecular complexity index is 528. The molecule has 0 saturated carbocycles. The molecule has 0 N–H and O–H groups in total. The molecule has 0 saturated heterocycles. The largest absolute Gasteiger partial charge is 0.455 e. The fourth-order valence-electron chi connectivity index (χ4n) is 3.33. The molecule has 0 fully saturated rings. The normalized spacial score (nSPS) is 19.2. The summed E-state index contributed by atoms with van der Waals surface area (Å²) in [7, 11) is -1.86. The second-order valence-corrected chi connectivity index (χ2v) is 14.5. The quantitative estimate of drug-likeness (QED) is 0.138. The average Bonchev–Trinajstić information content (AvgIpc) is 2.89. The molecule has 0 amide bonds. The van der Waals surface area contributed by atoms with Gasteiger partial charge in [0.2, 0.25) is 0 Å². The van der Waals surface area contributed by atoms with E-state index >= 15 is 0 Å². The Kier molecular flexibility index (Phi) is 10.8. The van der Waals surface area contributed by atoms with Crippen molar-refractivity contribution in [2.24, 2.45) is 0 Å². The summed E-state index contributed by atoms with van der Waals surface area (Å²) in [6, 6.07) is 0. The van der Waals surface area contributed by atoms with Crippen LogP contribution in [-0.4, -0.2) is 26.5 Å². The van der Waals surface area contributed by atoms with Crippen LogP contribution in [0.15, 0.2) is 23.8 Å². The Morgan fingerprint density at radius 1 is 1.14 bits per heavy atom. The van der Waals surface area contributed by atoms with Gasteiger partial charge in [-0.1, -0.05) is 65.0 Å². The maximum atomic E-state index is 12.1. The van der Waals surface area contributed by atoms with Crippen molar-refractivity contribution in [3.63, 3.8) is 0 Å². The molecule has 2 atom stereocenters. The van der Waals surface area contributed by atoms with Crippen LogP contribution in [0.1, 0.15) is 92.4 Å². The summed E-state index contributed by atoms with van der Waals surface area (Å²) in [4.78, 5) is 12.1. The molecule has 162 valence electrons. The summed E-state index contributed by atoms with van der Waals surface area (Å²) in [5, 5.41) is 0.177. The van der Waals surface area contributed by atoms with Gasteiger partial charge in [-0.25, -0.2) is 4.79 Å². The first-order valence-corrected chi connectivity index (χ1v) is 14.2. The van der Waals surface area contributed by atoms with Crippen LogP contribution in [-0.2, 0) is 14.0 Å². The molecule has 1 rings (SSSR count). The zero-order valence-corrected chi connectivity index (χ0v) is 20.5. The van der Waals surface area contributed by atoms with Crippen molar-refractivity contribution in [3.05, 3.63) is 23.8 Å². The first-order valence-electron chi connectivity index (χ1n) is 11.3. The van der Waals surface area contributed by atoms with Gasteiger partial charge in [-0.05, 0) is 57.3 Å². The standard InChI is InChI=1S/C24H44O3Si/c1-8-9-10-11-12-13-14-15-16-17-22(27-28(6,7)24(3,4)5)19-21-18-20(2)26-23(21)25/h8-9,18,20,22H,10-17,19H2,1-7H3/b9-8+/t20-,22+/m0/s1. The number of carbonyl (C=O) groups excluding carboxylic acids is 1. The summed E-state index contributed by atoms with van der Waals surface area (Å²) >= 11 is 0. The molecule has 0 aromatic carbocycles. The Hall–Kier alpha value is -0.873. The lowest BCUT2D eigenvalue weighted by Gasteiger charge is -2.39. The summed E-state index contributed by atoms with van der Waals surface area (Å²) in [5.74, 6) is -0.155. The Morgan fingerprint density at radius 2 is 1.75 bits per heavy atom. The number of allylic oxidation sites excluding steroid dienone is 2. The maximum Gasteiger partial charge on any atom is 0.334 e. The van der Waals surface area contributed by atoms with Crippen LogP contribution in [0, 0.1) is 0 Å². The summed E-state index contributed by atoms with van der Waals surface area (Å²) < 4.78 is 12.0. The van der Waals surface area contributed by atoms with Gasteiger partial charge in [0.25, 0.3) is 0 Å². The van der Waals surface area contributed by atoms with E-state index in [1.54, 1.807) is 0 Å². The topological polar surface area (TPSA) is 35.5 Å². The number of hydrogen-bond donors (Lipinski definition) is 0. The van der Waals surface area contributed by atoms with Crippen molar-refractivity contribution < 1.29 is 14.0 Å². The van der Waals surface area contributed by atoms with E-state index < -0.39 is 8.32 Å². The molecular weight excluding hydrogens is 364 g/mol.